The first-order chi connectivity index (χ1) is 8.47. The van der Waals surface area contributed by atoms with Crippen LogP contribution in [0.2, 0.25) is 5.02 Å². The summed E-state index contributed by atoms with van der Waals surface area (Å²) < 4.78 is 22.5. The van der Waals surface area contributed by atoms with Crippen LogP contribution in [-0.4, -0.2) is 8.42 Å². The Kier molecular flexibility index (Phi) is 3.91. The van der Waals surface area contributed by atoms with Gasteiger partial charge in [0.05, 0.1) is 15.6 Å². The minimum Gasteiger partial charge on any atom is -0.379 e. The van der Waals surface area contributed by atoms with Gasteiger partial charge in [0, 0.05) is 11.4 Å². The van der Waals surface area contributed by atoms with Crippen molar-refractivity contribution in [2.45, 2.75) is 11.4 Å². The second-order valence-electron chi connectivity index (χ2n) is 3.62. The maximum atomic E-state index is 11.2. The molecule has 1 heterocycles. The third-order valence-corrected chi connectivity index (χ3v) is 4.42. The molecule has 18 heavy (non-hydrogen) atoms. The molecule has 0 saturated heterocycles. The van der Waals surface area contributed by atoms with Crippen molar-refractivity contribution in [3.63, 3.8) is 0 Å². The normalized spacial score (nSPS) is 11.4. The summed E-state index contributed by atoms with van der Waals surface area (Å²) in [5.41, 5.74) is 0.552. The lowest BCUT2D eigenvalue weighted by atomic mass is 10.3. The molecule has 1 aromatic carbocycles. The fraction of sp³-hybridized carbons (Fsp3) is 0.0909. The third kappa shape index (κ3) is 3.23. The maximum Gasteiger partial charge on any atom is 0.238 e. The summed E-state index contributed by atoms with van der Waals surface area (Å²) in [6.45, 7) is 0.589. The topological polar surface area (TPSA) is 72.2 Å². The Bertz CT molecular complexity index is 639. The molecule has 0 saturated carbocycles. The van der Waals surface area contributed by atoms with Gasteiger partial charge in [0.25, 0.3) is 0 Å². The predicted molar refractivity (Wildman–Crippen MR) is 74.5 cm³/mol. The number of rotatable bonds is 4. The van der Waals surface area contributed by atoms with E-state index in [0.29, 0.717) is 17.3 Å². The van der Waals surface area contributed by atoms with Crippen LogP contribution in [0.3, 0.4) is 0 Å². The van der Waals surface area contributed by atoms with Crippen molar-refractivity contribution < 1.29 is 8.42 Å². The maximum absolute atomic E-state index is 11.2. The van der Waals surface area contributed by atoms with E-state index in [2.05, 4.69) is 5.32 Å². The minimum absolute atomic E-state index is 0.0422. The number of anilines is 1. The second-order valence-corrected chi connectivity index (χ2v) is 6.62. The van der Waals surface area contributed by atoms with Gasteiger partial charge in [-0.25, -0.2) is 13.6 Å². The van der Waals surface area contributed by atoms with Crippen molar-refractivity contribution in [2.24, 2.45) is 5.14 Å². The summed E-state index contributed by atoms with van der Waals surface area (Å²) in [7, 11) is -3.71. The highest BCUT2D eigenvalue weighted by atomic mass is 35.5. The first-order valence-corrected chi connectivity index (χ1v) is 7.86. The summed E-state index contributed by atoms with van der Waals surface area (Å²) in [6, 6.07) is 8.26. The number of primary sulfonamides is 1. The molecule has 0 fully saturated rings. The van der Waals surface area contributed by atoms with E-state index >= 15 is 0 Å². The monoisotopic (exact) mass is 302 g/mol. The molecule has 96 valence electrons. The number of thiophene rings is 1. The lowest BCUT2D eigenvalue weighted by Crippen LogP contribution is -2.12. The van der Waals surface area contributed by atoms with Crippen molar-refractivity contribution in [3.05, 3.63) is 45.6 Å². The number of hydrogen-bond acceptors (Lipinski definition) is 4. The number of halogens is 1. The van der Waals surface area contributed by atoms with E-state index in [1.165, 1.54) is 18.2 Å². The largest absolute Gasteiger partial charge is 0.379 e. The van der Waals surface area contributed by atoms with Gasteiger partial charge in [-0.2, -0.15) is 0 Å². The first kappa shape index (κ1) is 13.4. The summed E-state index contributed by atoms with van der Waals surface area (Å²) in [5.74, 6) is 0. The molecule has 0 atom stereocenters. The highest BCUT2D eigenvalue weighted by molar-refractivity contribution is 7.89. The first-order valence-electron chi connectivity index (χ1n) is 5.05. The SMILES string of the molecule is NS(=O)(=O)c1ccc(Cl)c(NCc2cccs2)c1. The molecule has 0 aliphatic carbocycles. The quantitative estimate of drug-likeness (QED) is 0.912. The highest BCUT2D eigenvalue weighted by Gasteiger charge is 2.10. The van der Waals surface area contributed by atoms with E-state index in [4.69, 9.17) is 16.7 Å². The molecule has 4 nitrogen and oxygen atoms in total. The lowest BCUT2D eigenvalue weighted by Gasteiger charge is -2.08. The van der Waals surface area contributed by atoms with Crippen LogP contribution >= 0.6 is 22.9 Å². The van der Waals surface area contributed by atoms with Crippen LogP contribution in [0.25, 0.3) is 0 Å². The van der Waals surface area contributed by atoms with Gasteiger partial charge in [0.2, 0.25) is 10.0 Å². The molecule has 0 unspecified atom stereocenters. The molecule has 0 aliphatic rings. The standard InChI is InChI=1S/C11H11ClN2O2S2/c12-10-4-3-9(18(13,15)16)6-11(10)14-7-8-2-1-5-17-8/h1-6,14H,7H2,(H2,13,15,16). The van der Waals surface area contributed by atoms with Gasteiger partial charge in [-0.3, -0.25) is 0 Å². The van der Waals surface area contributed by atoms with E-state index in [1.807, 2.05) is 17.5 Å². The van der Waals surface area contributed by atoms with Gasteiger partial charge in [-0.15, -0.1) is 11.3 Å². The Morgan fingerprint density at radius 1 is 1.33 bits per heavy atom. The molecular weight excluding hydrogens is 292 g/mol. The van der Waals surface area contributed by atoms with Gasteiger partial charge in [-0.1, -0.05) is 17.7 Å². The Hall–Kier alpha value is -1.08. The summed E-state index contributed by atoms with van der Waals surface area (Å²) in [6.07, 6.45) is 0. The van der Waals surface area contributed by atoms with E-state index in [9.17, 15) is 8.42 Å². The van der Waals surface area contributed by atoms with E-state index in [0.717, 1.165) is 4.88 Å². The van der Waals surface area contributed by atoms with Crippen LogP contribution < -0.4 is 10.5 Å². The van der Waals surface area contributed by atoms with Crippen LogP contribution in [0.15, 0.2) is 40.6 Å². The third-order valence-electron chi connectivity index (χ3n) is 2.30. The molecule has 0 bridgehead atoms. The van der Waals surface area contributed by atoms with Crippen LogP contribution in [0.5, 0.6) is 0 Å². The summed E-state index contributed by atoms with van der Waals surface area (Å²) in [4.78, 5) is 1.17. The zero-order valence-electron chi connectivity index (χ0n) is 9.26. The predicted octanol–water partition coefficient (Wildman–Crippen LogP) is 2.66. The average molecular weight is 303 g/mol. The van der Waals surface area contributed by atoms with Gasteiger partial charge >= 0.3 is 0 Å². The fourth-order valence-corrected chi connectivity index (χ4v) is 2.78. The van der Waals surface area contributed by atoms with Crippen molar-refractivity contribution in [1.82, 2.24) is 0 Å². The Labute approximate surface area is 114 Å². The molecule has 0 aliphatic heterocycles. The fourth-order valence-electron chi connectivity index (χ4n) is 1.41. The summed E-state index contributed by atoms with van der Waals surface area (Å²) in [5, 5.41) is 10.6. The van der Waals surface area contributed by atoms with Crippen LogP contribution in [-0.2, 0) is 16.6 Å². The van der Waals surface area contributed by atoms with Crippen LogP contribution in [0, 0.1) is 0 Å². The smallest absolute Gasteiger partial charge is 0.238 e. The molecule has 3 N–H and O–H groups in total. The van der Waals surface area contributed by atoms with Crippen LogP contribution in [0.1, 0.15) is 4.88 Å². The molecule has 2 rings (SSSR count). The number of hydrogen-bond donors (Lipinski definition) is 2. The van der Waals surface area contributed by atoms with E-state index in [1.54, 1.807) is 11.3 Å². The highest BCUT2D eigenvalue weighted by Crippen LogP contribution is 2.25. The van der Waals surface area contributed by atoms with Crippen molar-refractivity contribution in [1.29, 1.82) is 0 Å². The van der Waals surface area contributed by atoms with E-state index < -0.39 is 10.0 Å². The second kappa shape index (κ2) is 5.27. The molecular formula is C11H11ClN2O2S2. The number of sulfonamides is 1. The zero-order chi connectivity index (χ0) is 13.2. The number of nitrogens with two attached hydrogens (primary N) is 1. The van der Waals surface area contributed by atoms with Gasteiger partial charge in [0.1, 0.15) is 0 Å². The Balaban J connectivity index is 2.22. The van der Waals surface area contributed by atoms with Crippen LogP contribution in [0.4, 0.5) is 5.69 Å². The Morgan fingerprint density at radius 3 is 2.72 bits per heavy atom. The number of nitrogens with one attached hydrogen (secondary N) is 1. The molecule has 2 aromatic rings. The molecule has 0 radical (unpaired) electrons. The van der Waals surface area contributed by atoms with Gasteiger partial charge in [0.15, 0.2) is 0 Å². The van der Waals surface area contributed by atoms with Gasteiger partial charge < -0.3 is 5.32 Å². The summed E-state index contributed by atoms with van der Waals surface area (Å²) >= 11 is 7.60. The molecule has 1 aromatic heterocycles. The lowest BCUT2D eigenvalue weighted by molar-refractivity contribution is 0.598. The van der Waals surface area contributed by atoms with E-state index in [-0.39, 0.29) is 4.90 Å². The molecule has 7 heteroatoms. The molecule has 0 amide bonds. The van der Waals surface area contributed by atoms with Crippen molar-refractivity contribution in [3.8, 4) is 0 Å². The van der Waals surface area contributed by atoms with Gasteiger partial charge in [-0.05, 0) is 29.6 Å². The zero-order valence-corrected chi connectivity index (χ0v) is 11.6. The number of benzene rings is 1. The molecule has 0 spiro atoms. The minimum atomic E-state index is -3.71. The van der Waals surface area contributed by atoms with Crippen molar-refractivity contribution in [2.75, 3.05) is 5.32 Å². The van der Waals surface area contributed by atoms with Crippen molar-refractivity contribution >= 4 is 38.6 Å². The Morgan fingerprint density at radius 2 is 2.11 bits per heavy atom. The average Bonchev–Trinajstić information content (AvgIpc) is 2.79.